The van der Waals surface area contributed by atoms with Crippen LogP contribution in [0.2, 0.25) is 0 Å². The van der Waals surface area contributed by atoms with Crippen molar-refractivity contribution in [1.82, 2.24) is 4.98 Å². The van der Waals surface area contributed by atoms with Crippen LogP contribution >= 0.6 is 0 Å². The van der Waals surface area contributed by atoms with Crippen LogP contribution in [0.3, 0.4) is 0 Å². The van der Waals surface area contributed by atoms with E-state index < -0.39 is 18.5 Å². The molecule has 2 heterocycles. The molecule has 7 rings (SSSR count). The lowest BCUT2D eigenvalue weighted by Crippen LogP contribution is -2.21. The molecule has 0 saturated heterocycles. The van der Waals surface area contributed by atoms with Gasteiger partial charge < -0.3 is 24.3 Å². The van der Waals surface area contributed by atoms with Crippen molar-refractivity contribution in [2.45, 2.75) is 12.8 Å². The maximum Gasteiger partial charge on any atom is 0.339 e. The molecule has 1 aliphatic carbocycles. The van der Waals surface area contributed by atoms with Crippen molar-refractivity contribution in [1.29, 1.82) is 0 Å². The molecule has 1 aliphatic heterocycles. The largest absolute Gasteiger partial charge is 0.457 e. The molecule has 4 aromatic carbocycles. The van der Waals surface area contributed by atoms with E-state index in [0.717, 1.165) is 33.9 Å². The van der Waals surface area contributed by atoms with Gasteiger partial charge in [-0.3, -0.25) is 4.79 Å². The van der Waals surface area contributed by atoms with Crippen LogP contribution < -0.4 is 19.5 Å². The third-order valence-corrected chi connectivity index (χ3v) is 7.31. The fraction of sp³-hybridized carbons (Fsp3) is 0.114. The van der Waals surface area contributed by atoms with E-state index in [1.54, 1.807) is 18.2 Å². The van der Waals surface area contributed by atoms with E-state index in [1.807, 2.05) is 78.9 Å². The Hall–Kier alpha value is -5.63. The number of fused-ring (bicyclic) bond motifs is 3. The SMILES string of the molecule is O=C(COC(=O)c1c2c(nc3ccccc13)/C(=C/c1cccc(Oc3ccccc3)c1)CC2)Nc1ccc2c(c1)OCO2. The Morgan fingerprint density at radius 2 is 1.65 bits per heavy atom. The van der Waals surface area contributed by atoms with Crippen molar-refractivity contribution in [3.8, 4) is 23.0 Å². The molecule has 0 spiro atoms. The number of hydrogen-bond acceptors (Lipinski definition) is 7. The minimum absolute atomic E-state index is 0.139. The number of carbonyl (C=O) groups is 2. The molecule has 0 saturated carbocycles. The number of hydrogen-bond donors (Lipinski definition) is 1. The lowest BCUT2D eigenvalue weighted by Gasteiger charge is -2.13. The zero-order valence-electron chi connectivity index (χ0n) is 23.0. The minimum Gasteiger partial charge on any atom is -0.457 e. The Kier molecular flexibility index (Phi) is 6.92. The van der Waals surface area contributed by atoms with Gasteiger partial charge in [0, 0.05) is 17.1 Å². The van der Waals surface area contributed by atoms with Gasteiger partial charge in [0.25, 0.3) is 5.91 Å². The summed E-state index contributed by atoms with van der Waals surface area (Å²) in [7, 11) is 0. The van der Waals surface area contributed by atoms with E-state index in [-0.39, 0.29) is 6.79 Å². The summed E-state index contributed by atoms with van der Waals surface area (Å²) in [5.41, 5.74) is 5.23. The van der Waals surface area contributed by atoms with E-state index in [2.05, 4.69) is 11.4 Å². The van der Waals surface area contributed by atoms with Gasteiger partial charge in [0.05, 0.1) is 16.8 Å². The van der Waals surface area contributed by atoms with E-state index in [1.165, 1.54) is 0 Å². The highest BCUT2D eigenvalue weighted by Gasteiger charge is 2.28. The first-order valence-electron chi connectivity index (χ1n) is 13.9. The summed E-state index contributed by atoms with van der Waals surface area (Å²) in [6, 6.07) is 30.1. The predicted molar refractivity (Wildman–Crippen MR) is 162 cm³/mol. The Bertz CT molecular complexity index is 1900. The number of allylic oxidation sites excluding steroid dienone is 1. The maximum atomic E-state index is 13.5. The first-order chi connectivity index (χ1) is 21.1. The number of benzene rings is 4. The summed E-state index contributed by atoms with van der Waals surface area (Å²) in [6.45, 7) is -0.296. The zero-order chi connectivity index (χ0) is 29.2. The molecule has 8 heteroatoms. The molecule has 0 bridgehead atoms. The number of nitrogens with zero attached hydrogens (tertiary/aromatic N) is 1. The van der Waals surface area contributed by atoms with Crippen LogP contribution in [0, 0.1) is 0 Å². The fourth-order valence-corrected chi connectivity index (χ4v) is 5.38. The number of esters is 1. The quantitative estimate of drug-likeness (QED) is 0.210. The Labute approximate surface area is 247 Å². The molecule has 0 atom stereocenters. The van der Waals surface area contributed by atoms with Gasteiger partial charge in [0.2, 0.25) is 6.79 Å². The van der Waals surface area contributed by atoms with Gasteiger partial charge in [-0.05, 0) is 78.1 Å². The van der Waals surface area contributed by atoms with Crippen LogP contribution in [0.1, 0.15) is 33.6 Å². The minimum atomic E-state index is -0.560. The van der Waals surface area contributed by atoms with Crippen molar-refractivity contribution in [3.05, 3.63) is 119 Å². The first kappa shape index (κ1) is 26.3. The summed E-state index contributed by atoms with van der Waals surface area (Å²) in [4.78, 5) is 31.1. The average molecular weight is 571 g/mol. The number of aromatic nitrogens is 1. The predicted octanol–water partition coefficient (Wildman–Crippen LogP) is 7.04. The second-order valence-corrected chi connectivity index (χ2v) is 10.2. The van der Waals surface area contributed by atoms with Gasteiger partial charge in [-0.15, -0.1) is 0 Å². The van der Waals surface area contributed by atoms with Gasteiger partial charge in [-0.1, -0.05) is 48.5 Å². The van der Waals surface area contributed by atoms with Crippen LogP contribution in [0.25, 0.3) is 22.6 Å². The monoisotopic (exact) mass is 570 g/mol. The van der Waals surface area contributed by atoms with E-state index in [9.17, 15) is 9.59 Å². The fourth-order valence-electron chi connectivity index (χ4n) is 5.38. The second kappa shape index (κ2) is 11.3. The zero-order valence-corrected chi connectivity index (χ0v) is 23.0. The highest BCUT2D eigenvalue weighted by molar-refractivity contribution is 6.08. The van der Waals surface area contributed by atoms with Crippen molar-refractivity contribution in [3.63, 3.8) is 0 Å². The van der Waals surface area contributed by atoms with E-state index in [0.29, 0.717) is 46.5 Å². The van der Waals surface area contributed by atoms with Gasteiger partial charge in [-0.25, -0.2) is 9.78 Å². The third-order valence-electron chi connectivity index (χ3n) is 7.31. The number of anilines is 1. The number of ether oxygens (including phenoxy) is 4. The van der Waals surface area contributed by atoms with Crippen LogP contribution in [0.4, 0.5) is 5.69 Å². The number of nitrogens with one attached hydrogen (secondary N) is 1. The Morgan fingerprint density at radius 3 is 2.56 bits per heavy atom. The molecule has 1 amide bonds. The van der Waals surface area contributed by atoms with Crippen molar-refractivity contribution < 1.29 is 28.5 Å². The van der Waals surface area contributed by atoms with Gasteiger partial charge in [-0.2, -0.15) is 0 Å². The van der Waals surface area contributed by atoms with Gasteiger partial charge in [0.15, 0.2) is 18.1 Å². The molecule has 8 nitrogen and oxygen atoms in total. The van der Waals surface area contributed by atoms with E-state index in [4.69, 9.17) is 23.9 Å². The molecule has 0 radical (unpaired) electrons. The second-order valence-electron chi connectivity index (χ2n) is 10.2. The number of pyridine rings is 1. The van der Waals surface area contributed by atoms with E-state index >= 15 is 0 Å². The maximum absolute atomic E-state index is 13.5. The average Bonchev–Trinajstić information content (AvgIpc) is 3.66. The molecule has 0 unspecified atom stereocenters. The van der Waals surface area contributed by atoms with Crippen molar-refractivity contribution >= 4 is 40.1 Å². The standard InChI is InChI=1S/C35H26N2O6/c38-32(36-24-14-16-30-31(19-24)42-21-41-30)20-40-35(39)33-27-11-4-5-12-29(27)37-34-23(13-15-28(33)34)17-22-7-6-10-26(18-22)43-25-8-2-1-3-9-25/h1-12,14,16-19H,13,15,20-21H2,(H,36,38)/b23-17+. The molecular formula is C35H26N2O6. The smallest absolute Gasteiger partial charge is 0.339 e. The summed E-state index contributed by atoms with van der Waals surface area (Å²) in [6.07, 6.45) is 3.43. The summed E-state index contributed by atoms with van der Waals surface area (Å²) < 4.78 is 22.2. The first-order valence-corrected chi connectivity index (χ1v) is 13.9. The topological polar surface area (TPSA) is 96.0 Å². The van der Waals surface area contributed by atoms with Crippen LogP contribution in [-0.2, 0) is 16.0 Å². The molecule has 0 fully saturated rings. The molecule has 1 aromatic heterocycles. The molecule has 5 aromatic rings. The summed E-state index contributed by atoms with van der Waals surface area (Å²) in [5, 5.41) is 3.43. The Morgan fingerprint density at radius 1 is 0.837 bits per heavy atom. The summed E-state index contributed by atoms with van der Waals surface area (Å²) >= 11 is 0. The number of para-hydroxylation sites is 2. The molecule has 212 valence electrons. The molecule has 2 aliphatic rings. The van der Waals surface area contributed by atoms with Crippen LogP contribution in [0.5, 0.6) is 23.0 Å². The van der Waals surface area contributed by atoms with Gasteiger partial charge >= 0.3 is 5.97 Å². The van der Waals surface area contributed by atoms with Crippen LogP contribution in [-0.4, -0.2) is 30.3 Å². The van der Waals surface area contributed by atoms with Crippen molar-refractivity contribution in [2.75, 3.05) is 18.7 Å². The number of amides is 1. The lowest BCUT2D eigenvalue weighted by molar-refractivity contribution is -0.119. The van der Waals surface area contributed by atoms with Crippen molar-refractivity contribution in [2.24, 2.45) is 0 Å². The number of rotatable bonds is 7. The summed E-state index contributed by atoms with van der Waals surface area (Å²) in [5.74, 6) is 1.64. The highest BCUT2D eigenvalue weighted by Crippen LogP contribution is 2.38. The molecule has 1 N–H and O–H groups in total. The Balaban J connectivity index is 1.13. The normalized spacial score (nSPS) is 14.0. The number of carbonyl (C=O) groups excluding carboxylic acids is 2. The lowest BCUT2D eigenvalue weighted by atomic mass is 10.0. The van der Waals surface area contributed by atoms with Gasteiger partial charge in [0.1, 0.15) is 11.5 Å². The highest BCUT2D eigenvalue weighted by atomic mass is 16.7. The van der Waals surface area contributed by atoms with Crippen LogP contribution in [0.15, 0.2) is 97.1 Å². The molecule has 43 heavy (non-hydrogen) atoms. The molecular weight excluding hydrogens is 544 g/mol. The third kappa shape index (κ3) is 5.50.